The van der Waals surface area contributed by atoms with Gasteiger partial charge in [0.25, 0.3) is 0 Å². The highest BCUT2D eigenvalue weighted by molar-refractivity contribution is 5.77. The van der Waals surface area contributed by atoms with Crippen molar-refractivity contribution < 1.29 is 0 Å². The molecule has 0 aliphatic heterocycles. The van der Waals surface area contributed by atoms with Crippen LogP contribution in [-0.2, 0) is 0 Å². The van der Waals surface area contributed by atoms with E-state index in [2.05, 4.69) is 28.4 Å². The van der Waals surface area contributed by atoms with Crippen LogP contribution in [0.15, 0.2) is 18.5 Å². The molecule has 17 heavy (non-hydrogen) atoms. The standard InChI is InChI=1S/C13H18N4/c1-13(2)5-3-9(7-13)17-11-4-6-15-8-10(11)16-12(17)14/h4,6,8-9H,3,5,7H2,1-2H3,(H2,14,16). The number of rotatable bonds is 1. The molecule has 2 aromatic heterocycles. The van der Waals surface area contributed by atoms with Gasteiger partial charge in [-0.2, -0.15) is 0 Å². The fourth-order valence-corrected chi connectivity index (χ4v) is 2.97. The number of nitrogens with two attached hydrogens (primary N) is 1. The molecule has 1 unspecified atom stereocenters. The average molecular weight is 230 g/mol. The van der Waals surface area contributed by atoms with Crippen molar-refractivity contribution in [3.05, 3.63) is 18.5 Å². The van der Waals surface area contributed by atoms with E-state index in [1.54, 1.807) is 12.4 Å². The molecule has 1 aliphatic carbocycles. The number of nitrogens with zero attached hydrogens (tertiary/aromatic N) is 3. The van der Waals surface area contributed by atoms with Gasteiger partial charge in [0.2, 0.25) is 5.95 Å². The van der Waals surface area contributed by atoms with Crippen molar-refractivity contribution in [1.29, 1.82) is 0 Å². The first-order valence-corrected chi connectivity index (χ1v) is 6.14. The van der Waals surface area contributed by atoms with E-state index in [9.17, 15) is 0 Å². The zero-order valence-corrected chi connectivity index (χ0v) is 10.3. The molecule has 2 aromatic rings. The normalized spacial score (nSPS) is 23.3. The maximum Gasteiger partial charge on any atom is 0.201 e. The van der Waals surface area contributed by atoms with Crippen molar-refractivity contribution in [2.24, 2.45) is 5.41 Å². The second kappa shape index (κ2) is 3.45. The van der Waals surface area contributed by atoms with Gasteiger partial charge in [-0.3, -0.25) is 4.98 Å². The highest BCUT2D eigenvalue weighted by Gasteiger charge is 2.33. The molecule has 0 radical (unpaired) electrons. The Morgan fingerprint density at radius 2 is 2.29 bits per heavy atom. The number of fused-ring (bicyclic) bond motifs is 1. The lowest BCUT2D eigenvalue weighted by atomic mass is 9.92. The Balaban J connectivity index is 2.09. The number of imidazole rings is 1. The summed E-state index contributed by atoms with van der Waals surface area (Å²) in [6.45, 7) is 4.65. The fraction of sp³-hybridized carbons (Fsp3) is 0.538. The molecule has 2 heterocycles. The Bertz CT molecular complexity index is 556. The molecule has 3 rings (SSSR count). The van der Waals surface area contributed by atoms with Gasteiger partial charge in [-0.15, -0.1) is 0 Å². The van der Waals surface area contributed by atoms with E-state index in [4.69, 9.17) is 5.73 Å². The molecule has 4 nitrogen and oxygen atoms in total. The molecule has 0 aromatic carbocycles. The first kappa shape index (κ1) is 10.6. The van der Waals surface area contributed by atoms with Gasteiger partial charge in [-0.1, -0.05) is 13.8 Å². The van der Waals surface area contributed by atoms with Crippen molar-refractivity contribution in [3.63, 3.8) is 0 Å². The quantitative estimate of drug-likeness (QED) is 0.819. The summed E-state index contributed by atoms with van der Waals surface area (Å²) in [4.78, 5) is 8.47. The molecule has 0 bridgehead atoms. The van der Waals surface area contributed by atoms with Crippen molar-refractivity contribution >= 4 is 17.0 Å². The summed E-state index contributed by atoms with van der Waals surface area (Å²) in [6, 6.07) is 2.49. The second-order valence-corrected chi connectivity index (χ2v) is 5.77. The summed E-state index contributed by atoms with van der Waals surface area (Å²) in [6.07, 6.45) is 7.19. The van der Waals surface area contributed by atoms with E-state index in [0.717, 1.165) is 11.0 Å². The predicted octanol–water partition coefficient (Wildman–Crippen LogP) is 2.76. The molecule has 0 saturated heterocycles. The smallest absolute Gasteiger partial charge is 0.201 e. The SMILES string of the molecule is CC1(C)CCC(n2c(N)nc3cnccc32)C1. The number of pyridine rings is 1. The Labute approximate surface area is 101 Å². The first-order valence-electron chi connectivity index (χ1n) is 6.14. The summed E-state index contributed by atoms with van der Waals surface area (Å²) in [7, 11) is 0. The molecule has 1 aliphatic rings. The van der Waals surface area contributed by atoms with E-state index in [1.165, 1.54) is 19.3 Å². The van der Waals surface area contributed by atoms with Crippen LogP contribution in [0.3, 0.4) is 0 Å². The average Bonchev–Trinajstić information content (AvgIpc) is 2.77. The Morgan fingerprint density at radius 1 is 1.47 bits per heavy atom. The van der Waals surface area contributed by atoms with Gasteiger partial charge >= 0.3 is 0 Å². The molecule has 1 fully saturated rings. The zero-order valence-electron chi connectivity index (χ0n) is 10.3. The van der Waals surface area contributed by atoms with Crippen molar-refractivity contribution in [2.75, 3.05) is 5.73 Å². The van der Waals surface area contributed by atoms with Crippen LogP contribution in [0.4, 0.5) is 5.95 Å². The molecule has 1 atom stereocenters. The van der Waals surface area contributed by atoms with Crippen LogP contribution in [0, 0.1) is 5.41 Å². The third kappa shape index (κ3) is 1.68. The Hall–Kier alpha value is -1.58. The number of nitrogen functional groups attached to an aromatic ring is 1. The summed E-state index contributed by atoms with van der Waals surface area (Å²) in [5.74, 6) is 0.621. The minimum absolute atomic E-state index is 0.417. The molecule has 2 N–H and O–H groups in total. The molecule has 4 heteroatoms. The summed E-state index contributed by atoms with van der Waals surface area (Å²) >= 11 is 0. The van der Waals surface area contributed by atoms with E-state index in [1.807, 2.05) is 6.07 Å². The summed E-state index contributed by atoms with van der Waals surface area (Å²) in [5.41, 5.74) is 8.47. The molecule has 1 saturated carbocycles. The first-order chi connectivity index (χ1) is 8.07. The minimum atomic E-state index is 0.417. The minimum Gasteiger partial charge on any atom is -0.369 e. The zero-order chi connectivity index (χ0) is 12.0. The fourth-order valence-electron chi connectivity index (χ4n) is 2.97. The molecule has 0 amide bonds. The lowest BCUT2D eigenvalue weighted by Gasteiger charge is -2.19. The van der Waals surface area contributed by atoms with Crippen LogP contribution in [-0.4, -0.2) is 14.5 Å². The topological polar surface area (TPSA) is 56.7 Å². The molecular formula is C13H18N4. The van der Waals surface area contributed by atoms with Crippen LogP contribution < -0.4 is 5.73 Å². The van der Waals surface area contributed by atoms with E-state index >= 15 is 0 Å². The lowest BCUT2D eigenvalue weighted by molar-refractivity contribution is 0.361. The largest absolute Gasteiger partial charge is 0.369 e. The van der Waals surface area contributed by atoms with Gasteiger partial charge in [-0.25, -0.2) is 4.98 Å². The molecule has 0 spiro atoms. The summed E-state index contributed by atoms with van der Waals surface area (Å²) in [5, 5.41) is 0. The van der Waals surface area contributed by atoms with Crippen LogP contribution in [0.5, 0.6) is 0 Å². The Kier molecular flexibility index (Phi) is 2.15. The lowest BCUT2D eigenvalue weighted by Crippen LogP contribution is -2.11. The van der Waals surface area contributed by atoms with Gasteiger partial charge in [0, 0.05) is 12.2 Å². The highest BCUT2D eigenvalue weighted by Crippen LogP contribution is 2.45. The van der Waals surface area contributed by atoms with Gasteiger partial charge in [-0.05, 0) is 30.7 Å². The van der Waals surface area contributed by atoms with Gasteiger partial charge in [0.1, 0.15) is 5.52 Å². The van der Waals surface area contributed by atoms with Crippen molar-refractivity contribution in [2.45, 2.75) is 39.2 Å². The van der Waals surface area contributed by atoms with Crippen LogP contribution in [0.2, 0.25) is 0 Å². The van der Waals surface area contributed by atoms with Gasteiger partial charge in [0.15, 0.2) is 0 Å². The maximum atomic E-state index is 6.05. The van der Waals surface area contributed by atoms with Crippen LogP contribution in [0.1, 0.15) is 39.2 Å². The van der Waals surface area contributed by atoms with Crippen molar-refractivity contribution in [1.82, 2.24) is 14.5 Å². The monoisotopic (exact) mass is 230 g/mol. The molecule has 90 valence electrons. The van der Waals surface area contributed by atoms with Crippen molar-refractivity contribution in [3.8, 4) is 0 Å². The van der Waals surface area contributed by atoms with Gasteiger partial charge in [0.05, 0.1) is 11.7 Å². The second-order valence-electron chi connectivity index (χ2n) is 5.77. The van der Waals surface area contributed by atoms with E-state index in [0.29, 0.717) is 17.4 Å². The third-order valence-corrected chi connectivity index (χ3v) is 3.83. The number of hydrogen-bond donors (Lipinski definition) is 1. The third-order valence-electron chi connectivity index (χ3n) is 3.83. The van der Waals surface area contributed by atoms with E-state index < -0.39 is 0 Å². The van der Waals surface area contributed by atoms with Crippen LogP contribution >= 0.6 is 0 Å². The van der Waals surface area contributed by atoms with E-state index in [-0.39, 0.29) is 0 Å². The summed E-state index contributed by atoms with van der Waals surface area (Å²) < 4.78 is 2.19. The molecular weight excluding hydrogens is 212 g/mol. The Morgan fingerprint density at radius 3 is 3.00 bits per heavy atom. The predicted molar refractivity (Wildman–Crippen MR) is 68.6 cm³/mol. The maximum absolute atomic E-state index is 6.05. The number of anilines is 1. The number of hydrogen-bond acceptors (Lipinski definition) is 3. The highest BCUT2D eigenvalue weighted by atomic mass is 15.2. The number of aromatic nitrogens is 3. The van der Waals surface area contributed by atoms with Crippen LogP contribution in [0.25, 0.3) is 11.0 Å². The van der Waals surface area contributed by atoms with Gasteiger partial charge < -0.3 is 10.3 Å².